The Morgan fingerprint density at radius 2 is 1.54 bits per heavy atom. The van der Waals surface area contributed by atoms with Crippen LogP contribution in [0.1, 0.15) is 43.7 Å². The summed E-state index contributed by atoms with van der Waals surface area (Å²) in [7, 11) is 7.83. The highest BCUT2D eigenvalue weighted by Gasteiger charge is 2.36. The van der Waals surface area contributed by atoms with Crippen molar-refractivity contribution in [2.24, 2.45) is 0 Å². The topological polar surface area (TPSA) is 66.4 Å². The van der Waals surface area contributed by atoms with Gasteiger partial charge >= 0.3 is 0 Å². The maximum atomic E-state index is 12.3. The molecule has 0 aliphatic rings. The third-order valence-electron chi connectivity index (χ3n) is 5.93. The van der Waals surface area contributed by atoms with E-state index in [4.69, 9.17) is 23.7 Å². The molecule has 0 aliphatic heterocycles. The van der Waals surface area contributed by atoms with E-state index in [1.165, 1.54) is 0 Å². The van der Waals surface area contributed by atoms with E-state index in [-0.39, 0.29) is 0 Å². The number of methoxy groups -OCH3 is 5. The predicted molar refractivity (Wildman–Crippen MR) is 140 cm³/mol. The lowest BCUT2D eigenvalue weighted by atomic mass is 9.80. The van der Waals surface area contributed by atoms with Crippen molar-refractivity contribution >= 4 is 0 Å². The fraction of sp³-hybridized carbons (Fsp3) is 0.379. The molecule has 1 unspecified atom stereocenters. The Balaban J connectivity index is 2.61. The number of allylic oxidation sites excluding steroid dienone is 5. The summed E-state index contributed by atoms with van der Waals surface area (Å²) >= 11 is 0. The lowest BCUT2D eigenvalue weighted by Crippen LogP contribution is -2.28. The molecule has 2 aromatic rings. The fourth-order valence-electron chi connectivity index (χ4n) is 3.90. The predicted octanol–water partition coefficient (Wildman–Crippen LogP) is 6.21. The summed E-state index contributed by atoms with van der Waals surface area (Å²) in [5.74, 6) is 2.54. The van der Waals surface area contributed by atoms with E-state index < -0.39 is 5.60 Å². The number of hydrogen-bond acceptors (Lipinski definition) is 6. The summed E-state index contributed by atoms with van der Waals surface area (Å²) in [4.78, 5) is 0. The van der Waals surface area contributed by atoms with Crippen molar-refractivity contribution in [1.82, 2.24) is 0 Å². The summed E-state index contributed by atoms with van der Waals surface area (Å²) in [5, 5.41) is 12.3. The van der Waals surface area contributed by atoms with Gasteiger partial charge in [-0.2, -0.15) is 0 Å². The second-order valence-electron chi connectivity index (χ2n) is 8.15. The van der Waals surface area contributed by atoms with Crippen LogP contribution in [-0.2, 0) is 5.60 Å². The van der Waals surface area contributed by atoms with Crippen molar-refractivity contribution < 1.29 is 28.8 Å². The maximum Gasteiger partial charge on any atom is 0.203 e. The van der Waals surface area contributed by atoms with Gasteiger partial charge in [-0.25, -0.2) is 0 Å². The molecule has 0 heterocycles. The van der Waals surface area contributed by atoms with E-state index in [9.17, 15) is 5.11 Å². The van der Waals surface area contributed by atoms with E-state index in [0.29, 0.717) is 52.7 Å². The SMILES string of the molecule is C=CCC/C=C/C=C(\C)CCC(O)(c1cc(OC)c(OC)c(OC)c1)c1cc(OC)ccc1OC. The summed E-state index contributed by atoms with van der Waals surface area (Å²) in [6.07, 6.45) is 11.0. The second kappa shape index (κ2) is 13.5. The van der Waals surface area contributed by atoms with Crippen LogP contribution in [0.25, 0.3) is 0 Å². The van der Waals surface area contributed by atoms with Crippen LogP contribution in [0.4, 0.5) is 0 Å². The Morgan fingerprint density at radius 1 is 0.886 bits per heavy atom. The average Bonchev–Trinajstić information content (AvgIpc) is 2.90. The van der Waals surface area contributed by atoms with Crippen LogP contribution in [0.5, 0.6) is 28.7 Å². The van der Waals surface area contributed by atoms with Gasteiger partial charge < -0.3 is 28.8 Å². The molecule has 0 radical (unpaired) electrons. The lowest BCUT2D eigenvalue weighted by Gasteiger charge is -2.32. The molecule has 0 saturated heterocycles. The largest absolute Gasteiger partial charge is 0.497 e. The molecule has 0 amide bonds. The van der Waals surface area contributed by atoms with Crippen molar-refractivity contribution in [3.8, 4) is 28.7 Å². The van der Waals surface area contributed by atoms with Gasteiger partial charge in [0.05, 0.1) is 35.5 Å². The van der Waals surface area contributed by atoms with Crippen LogP contribution in [0.3, 0.4) is 0 Å². The summed E-state index contributed by atoms with van der Waals surface area (Å²) < 4.78 is 27.7. The summed E-state index contributed by atoms with van der Waals surface area (Å²) in [6.45, 7) is 5.80. The third-order valence-corrected chi connectivity index (χ3v) is 5.93. The minimum atomic E-state index is -1.44. The Kier molecular flexibility index (Phi) is 10.7. The molecule has 1 N–H and O–H groups in total. The first-order chi connectivity index (χ1) is 16.9. The molecule has 190 valence electrons. The molecular weight excluding hydrogens is 444 g/mol. The molecule has 35 heavy (non-hydrogen) atoms. The molecule has 0 aliphatic carbocycles. The van der Waals surface area contributed by atoms with E-state index in [1.807, 2.05) is 12.2 Å². The molecule has 0 bridgehead atoms. The normalized spacial score (nSPS) is 13.3. The van der Waals surface area contributed by atoms with Gasteiger partial charge in [-0.3, -0.25) is 0 Å². The molecule has 0 saturated carbocycles. The van der Waals surface area contributed by atoms with Gasteiger partial charge in [0, 0.05) is 5.56 Å². The number of unbranched alkanes of at least 4 members (excludes halogenated alkanes) is 1. The Morgan fingerprint density at radius 3 is 2.09 bits per heavy atom. The maximum absolute atomic E-state index is 12.3. The molecule has 6 heteroatoms. The third kappa shape index (κ3) is 6.83. The standard InChI is InChI=1S/C29H38O6/c1-8-9-10-11-12-13-21(2)16-17-29(30,24-20-23(31-3)14-15-25(24)32-4)22-18-26(33-5)28(35-7)27(19-22)34-6/h8,11-15,18-20,30H,1,9-10,16-17H2,2-7H3/b12-11+,21-13+. The number of aliphatic hydroxyl groups is 1. The molecule has 0 fully saturated rings. The van der Waals surface area contributed by atoms with Crippen LogP contribution in [0, 0.1) is 0 Å². The van der Waals surface area contributed by atoms with Crippen molar-refractivity contribution in [1.29, 1.82) is 0 Å². The van der Waals surface area contributed by atoms with Gasteiger partial charge in [0.2, 0.25) is 5.75 Å². The number of hydrogen-bond donors (Lipinski definition) is 1. The lowest BCUT2D eigenvalue weighted by molar-refractivity contribution is 0.0676. The molecule has 1 atom stereocenters. The summed E-state index contributed by atoms with van der Waals surface area (Å²) in [5.41, 5.74) is 0.873. The first-order valence-electron chi connectivity index (χ1n) is 11.6. The van der Waals surface area contributed by atoms with Crippen LogP contribution >= 0.6 is 0 Å². The Labute approximate surface area is 209 Å². The van der Waals surface area contributed by atoms with Crippen molar-refractivity contribution in [3.63, 3.8) is 0 Å². The first kappa shape index (κ1) is 27.9. The van der Waals surface area contributed by atoms with Gasteiger partial charge in [0.25, 0.3) is 0 Å². The Bertz CT molecular complexity index is 1010. The van der Waals surface area contributed by atoms with Crippen LogP contribution < -0.4 is 23.7 Å². The van der Waals surface area contributed by atoms with E-state index >= 15 is 0 Å². The Hall–Kier alpha value is -3.38. The van der Waals surface area contributed by atoms with E-state index in [2.05, 4.69) is 25.7 Å². The summed E-state index contributed by atoms with van der Waals surface area (Å²) in [6, 6.07) is 8.94. The highest BCUT2D eigenvalue weighted by atomic mass is 16.5. The molecule has 2 aromatic carbocycles. The minimum absolute atomic E-state index is 0.387. The van der Waals surface area contributed by atoms with Gasteiger partial charge in [0.1, 0.15) is 17.1 Å². The number of rotatable bonds is 14. The quantitative estimate of drug-likeness (QED) is 0.196. The van der Waals surface area contributed by atoms with Crippen molar-refractivity contribution in [3.05, 3.63) is 77.9 Å². The minimum Gasteiger partial charge on any atom is -0.497 e. The van der Waals surface area contributed by atoms with Crippen molar-refractivity contribution in [2.75, 3.05) is 35.5 Å². The van der Waals surface area contributed by atoms with E-state index in [1.54, 1.807) is 65.9 Å². The first-order valence-corrected chi connectivity index (χ1v) is 11.6. The zero-order valence-corrected chi connectivity index (χ0v) is 21.7. The van der Waals surface area contributed by atoms with Gasteiger partial charge in [-0.15, -0.1) is 6.58 Å². The molecule has 0 spiro atoms. The van der Waals surface area contributed by atoms with Crippen LogP contribution in [0.15, 0.2) is 66.8 Å². The molecule has 0 aromatic heterocycles. The monoisotopic (exact) mass is 482 g/mol. The van der Waals surface area contributed by atoms with Gasteiger partial charge in [-0.1, -0.05) is 29.9 Å². The van der Waals surface area contributed by atoms with Gasteiger partial charge in [0.15, 0.2) is 11.5 Å². The highest BCUT2D eigenvalue weighted by molar-refractivity contribution is 5.58. The number of ether oxygens (including phenoxy) is 5. The smallest absolute Gasteiger partial charge is 0.203 e. The van der Waals surface area contributed by atoms with Gasteiger partial charge in [-0.05, 0) is 68.5 Å². The average molecular weight is 483 g/mol. The van der Waals surface area contributed by atoms with E-state index in [0.717, 1.165) is 18.4 Å². The van der Waals surface area contributed by atoms with Crippen molar-refractivity contribution in [2.45, 2.75) is 38.2 Å². The van der Waals surface area contributed by atoms with Crippen LogP contribution in [0.2, 0.25) is 0 Å². The molecule has 2 rings (SSSR count). The zero-order valence-electron chi connectivity index (χ0n) is 21.7. The number of benzene rings is 2. The fourth-order valence-corrected chi connectivity index (χ4v) is 3.90. The second-order valence-corrected chi connectivity index (χ2v) is 8.15. The molecule has 6 nitrogen and oxygen atoms in total. The highest BCUT2D eigenvalue weighted by Crippen LogP contribution is 2.47. The zero-order chi connectivity index (χ0) is 25.8. The molecular formula is C29H38O6. The van der Waals surface area contributed by atoms with Crippen LogP contribution in [-0.4, -0.2) is 40.7 Å².